The molecular weight excluding hydrogens is 427 g/mol. The summed E-state index contributed by atoms with van der Waals surface area (Å²) in [5.74, 6) is 1.95. The van der Waals surface area contributed by atoms with Crippen LogP contribution in [0.3, 0.4) is 0 Å². The van der Waals surface area contributed by atoms with Gasteiger partial charge in [0, 0.05) is 0 Å². The number of hydrogen-bond acceptors (Lipinski definition) is 1. The van der Waals surface area contributed by atoms with Crippen LogP contribution in [0.15, 0.2) is 95.4 Å². The minimum atomic E-state index is -3.17. The second kappa shape index (κ2) is 7.03. The Morgan fingerprint density at radius 1 is 0.571 bits per heavy atom. The van der Waals surface area contributed by atoms with Crippen LogP contribution < -0.4 is 21.2 Å². The number of halogens is 1. The van der Waals surface area contributed by atoms with Gasteiger partial charge >= 0.3 is 175 Å². The third kappa shape index (κ3) is 2.55. The van der Waals surface area contributed by atoms with Crippen LogP contribution in [0.25, 0.3) is 0 Å². The number of hydrogen-bond donors (Lipinski definition) is 0. The van der Waals surface area contributed by atoms with E-state index in [4.69, 9.17) is 4.42 Å². The molecule has 1 aromatic heterocycles. The molecule has 0 aliphatic heterocycles. The monoisotopic (exact) mass is 450 g/mol. The fraction of sp³-hybridized carbons (Fsp3) is 0.120. The molecule has 4 aromatic rings. The van der Waals surface area contributed by atoms with Gasteiger partial charge in [-0.1, -0.05) is 0 Å². The van der Waals surface area contributed by atoms with Gasteiger partial charge in [-0.25, -0.2) is 0 Å². The van der Waals surface area contributed by atoms with Crippen LogP contribution in [0.5, 0.6) is 0 Å². The van der Waals surface area contributed by atoms with Crippen molar-refractivity contribution in [3.63, 3.8) is 0 Å². The molecule has 3 aromatic carbocycles. The molecule has 0 N–H and O–H groups in total. The summed E-state index contributed by atoms with van der Waals surface area (Å²) in [6.07, 6.45) is 0. The third-order valence-corrected chi connectivity index (χ3v) is 15.7. The van der Waals surface area contributed by atoms with Gasteiger partial charge in [0.2, 0.25) is 0 Å². The van der Waals surface area contributed by atoms with Crippen molar-refractivity contribution in [1.29, 1.82) is 0 Å². The van der Waals surface area contributed by atoms with E-state index in [9.17, 15) is 0 Å². The summed E-state index contributed by atoms with van der Waals surface area (Å²) in [5.41, 5.74) is 1.21. The number of furan rings is 1. The van der Waals surface area contributed by atoms with E-state index in [2.05, 4.69) is 127 Å². The first-order chi connectivity index (χ1) is 13.5. The molecule has 0 atom stereocenters. The van der Waals surface area contributed by atoms with Crippen molar-refractivity contribution in [2.75, 3.05) is 0 Å². The summed E-state index contributed by atoms with van der Waals surface area (Å²) in [6, 6.07) is 32.5. The Labute approximate surface area is 175 Å². The summed E-state index contributed by atoms with van der Waals surface area (Å²) in [7, 11) is 0. The summed E-state index contributed by atoms with van der Waals surface area (Å²) in [6.45, 7) is 6.33. The Hall–Kier alpha value is -2.15. The average molecular weight is 451 g/mol. The Morgan fingerprint density at radius 3 is 1.21 bits per heavy atom. The number of aryl methyl sites for hydroxylation is 2. The van der Waals surface area contributed by atoms with Crippen LogP contribution >= 0.6 is 20.8 Å². The molecule has 0 unspecified atom stereocenters. The van der Waals surface area contributed by atoms with Crippen molar-refractivity contribution in [3.05, 3.63) is 108 Å². The first kappa shape index (κ1) is 19.2. The molecule has 0 saturated carbocycles. The Balaban J connectivity index is 2.30. The molecule has 0 spiro atoms. The van der Waals surface area contributed by atoms with E-state index in [1.807, 2.05) is 0 Å². The first-order valence-electron chi connectivity index (χ1n) is 9.45. The predicted octanol–water partition coefficient (Wildman–Crippen LogP) is 5.67. The van der Waals surface area contributed by atoms with E-state index in [-0.39, 0.29) is 0 Å². The molecule has 0 bridgehead atoms. The van der Waals surface area contributed by atoms with Crippen molar-refractivity contribution < 1.29 is 4.42 Å². The van der Waals surface area contributed by atoms with Gasteiger partial charge in [0.05, 0.1) is 0 Å². The molecule has 0 fully saturated rings. The Morgan fingerprint density at radius 2 is 0.929 bits per heavy atom. The molecule has 0 aliphatic carbocycles. The Kier molecular flexibility index (Phi) is 4.81. The summed E-state index contributed by atoms with van der Waals surface area (Å²) in [4.78, 5) is 0. The zero-order valence-electron chi connectivity index (χ0n) is 16.4. The van der Waals surface area contributed by atoms with Crippen LogP contribution in [0, 0.1) is 20.8 Å². The van der Waals surface area contributed by atoms with E-state index in [1.165, 1.54) is 26.8 Å². The van der Waals surface area contributed by atoms with Gasteiger partial charge in [-0.15, -0.1) is 0 Å². The molecule has 28 heavy (non-hydrogen) atoms. The molecule has 142 valence electrons. The van der Waals surface area contributed by atoms with Crippen molar-refractivity contribution >= 4 is 42.0 Å². The Bertz CT molecular complexity index is 1000. The van der Waals surface area contributed by atoms with Crippen molar-refractivity contribution in [2.24, 2.45) is 0 Å². The molecule has 1 heterocycles. The molecular formula is C25H24BrOP. The van der Waals surface area contributed by atoms with E-state index < -0.39 is 5.31 Å². The minimum absolute atomic E-state index is 0.973. The normalized spacial score (nSPS) is 13.1. The van der Waals surface area contributed by atoms with Gasteiger partial charge in [-0.2, -0.15) is 0 Å². The third-order valence-electron chi connectivity index (χ3n) is 5.67. The van der Waals surface area contributed by atoms with Gasteiger partial charge in [-0.05, 0) is 0 Å². The fourth-order valence-corrected chi connectivity index (χ4v) is 13.3. The second-order valence-corrected chi connectivity index (χ2v) is 15.5. The SMILES string of the molecule is Cc1oc(C)c(P(Br)(c2ccccc2)(c2ccccc2)c2ccccc2)c1C. The van der Waals surface area contributed by atoms with Crippen LogP contribution in [0.1, 0.15) is 17.1 Å². The summed E-state index contributed by atoms with van der Waals surface area (Å²) >= 11 is 4.51. The molecule has 3 heteroatoms. The molecule has 0 aliphatic rings. The van der Waals surface area contributed by atoms with E-state index in [0.29, 0.717) is 0 Å². The van der Waals surface area contributed by atoms with Gasteiger partial charge in [-0.3, -0.25) is 0 Å². The molecule has 1 nitrogen and oxygen atoms in total. The van der Waals surface area contributed by atoms with E-state index >= 15 is 0 Å². The molecule has 0 amide bonds. The van der Waals surface area contributed by atoms with Gasteiger partial charge < -0.3 is 0 Å². The van der Waals surface area contributed by atoms with Crippen LogP contribution in [0.2, 0.25) is 0 Å². The van der Waals surface area contributed by atoms with Crippen molar-refractivity contribution in [3.8, 4) is 0 Å². The summed E-state index contributed by atoms with van der Waals surface area (Å²) < 4.78 is 6.18. The average Bonchev–Trinajstić information content (AvgIpc) is 3.01. The standard InChI is InChI=1S/C25H24BrOP/c1-19-20(2)27-21(3)25(19)28(26,22-13-7-4-8-14-22,23-15-9-5-10-16-23)24-17-11-6-12-18-24/h4-18H,1-3H3. The first-order valence-corrected chi connectivity index (χ1v) is 13.7. The van der Waals surface area contributed by atoms with Crippen molar-refractivity contribution in [1.82, 2.24) is 0 Å². The maximum absolute atomic E-state index is 6.18. The number of rotatable bonds is 4. The molecule has 0 radical (unpaired) electrons. The molecule has 0 saturated heterocycles. The van der Waals surface area contributed by atoms with Crippen molar-refractivity contribution in [2.45, 2.75) is 20.8 Å². The quantitative estimate of drug-likeness (QED) is 0.365. The van der Waals surface area contributed by atoms with Gasteiger partial charge in [0.15, 0.2) is 0 Å². The topological polar surface area (TPSA) is 13.1 Å². The summed E-state index contributed by atoms with van der Waals surface area (Å²) in [5, 5.41) is 1.93. The van der Waals surface area contributed by atoms with Crippen LogP contribution in [0.4, 0.5) is 0 Å². The van der Waals surface area contributed by atoms with Crippen LogP contribution in [-0.4, -0.2) is 0 Å². The molecule has 4 rings (SSSR count). The van der Waals surface area contributed by atoms with E-state index in [0.717, 1.165) is 11.5 Å². The second-order valence-electron chi connectivity index (χ2n) is 7.20. The number of benzene rings is 3. The fourth-order valence-electron chi connectivity index (χ4n) is 4.35. The zero-order valence-corrected chi connectivity index (χ0v) is 18.9. The maximum atomic E-state index is 6.18. The van der Waals surface area contributed by atoms with E-state index in [1.54, 1.807) is 0 Å². The predicted molar refractivity (Wildman–Crippen MR) is 127 cm³/mol. The van der Waals surface area contributed by atoms with Crippen LogP contribution in [-0.2, 0) is 0 Å². The van der Waals surface area contributed by atoms with Gasteiger partial charge in [0.25, 0.3) is 0 Å². The van der Waals surface area contributed by atoms with Gasteiger partial charge in [0.1, 0.15) is 0 Å². The zero-order chi connectivity index (χ0) is 19.8.